The van der Waals surface area contributed by atoms with Gasteiger partial charge in [-0.1, -0.05) is 25.3 Å². The van der Waals surface area contributed by atoms with E-state index in [4.69, 9.17) is 12.2 Å². The summed E-state index contributed by atoms with van der Waals surface area (Å²) in [5, 5.41) is 6.73. The lowest BCUT2D eigenvalue weighted by molar-refractivity contribution is 0.414. The zero-order chi connectivity index (χ0) is 13.0. The minimum absolute atomic E-state index is 0.270. The van der Waals surface area contributed by atoms with Crippen LogP contribution in [0.1, 0.15) is 37.7 Å². The van der Waals surface area contributed by atoms with Gasteiger partial charge in [0.25, 0.3) is 0 Å². The number of thiocarbonyl (C=S) groups is 1. The van der Waals surface area contributed by atoms with E-state index in [1.165, 1.54) is 25.3 Å². The summed E-state index contributed by atoms with van der Waals surface area (Å²) in [7, 11) is 0. The summed E-state index contributed by atoms with van der Waals surface area (Å²) in [6, 6.07) is 5.41. The monoisotopic (exact) mass is 266 g/mol. The SMILES string of the molecule is Cc1ccc(F)c(NC(=S)NC2CCCCC2)c1. The van der Waals surface area contributed by atoms with E-state index in [0.717, 1.165) is 18.4 Å². The molecule has 1 fully saturated rings. The predicted octanol–water partition coefficient (Wildman–Crippen LogP) is 3.75. The quantitative estimate of drug-likeness (QED) is 0.797. The first-order valence-electron chi connectivity index (χ1n) is 6.49. The molecule has 1 saturated carbocycles. The number of rotatable bonds is 2. The molecule has 0 aromatic heterocycles. The number of nitrogens with one attached hydrogen (secondary N) is 2. The maximum Gasteiger partial charge on any atom is 0.171 e. The first-order chi connectivity index (χ1) is 8.65. The van der Waals surface area contributed by atoms with Crippen molar-refractivity contribution < 1.29 is 4.39 Å². The lowest BCUT2D eigenvalue weighted by Gasteiger charge is -2.24. The average Bonchev–Trinajstić information content (AvgIpc) is 2.35. The number of aryl methyl sites for hydroxylation is 1. The van der Waals surface area contributed by atoms with Crippen LogP contribution in [0.15, 0.2) is 18.2 Å². The second-order valence-electron chi connectivity index (χ2n) is 4.92. The van der Waals surface area contributed by atoms with Crippen molar-refractivity contribution in [3.63, 3.8) is 0 Å². The summed E-state index contributed by atoms with van der Waals surface area (Å²) in [4.78, 5) is 0. The van der Waals surface area contributed by atoms with Gasteiger partial charge in [0, 0.05) is 6.04 Å². The Kier molecular flexibility index (Phi) is 4.53. The molecule has 2 N–H and O–H groups in total. The molecular formula is C14H19FN2S. The lowest BCUT2D eigenvalue weighted by atomic mass is 9.96. The van der Waals surface area contributed by atoms with Gasteiger partial charge >= 0.3 is 0 Å². The molecule has 0 aliphatic heterocycles. The number of hydrogen-bond donors (Lipinski definition) is 2. The molecule has 98 valence electrons. The molecule has 1 aromatic carbocycles. The van der Waals surface area contributed by atoms with Gasteiger partial charge in [0.05, 0.1) is 5.69 Å². The summed E-state index contributed by atoms with van der Waals surface area (Å²) < 4.78 is 13.6. The van der Waals surface area contributed by atoms with Gasteiger partial charge in [-0.25, -0.2) is 4.39 Å². The highest BCUT2D eigenvalue weighted by Gasteiger charge is 2.14. The van der Waals surface area contributed by atoms with Crippen LogP contribution in [-0.2, 0) is 0 Å². The summed E-state index contributed by atoms with van der Waals surface area (Å²) >= 11 is 5.23. The molecule has 0 bridgehead atoms. The molecule has 4 heteroatoms. The van der Waals surface area contributed by atoms with E-state index in [0.29, 0.717) is 16.8 Å². The third-order valence-electron chi connectivity index (χ3n) is 3.31. The molecule has 2 nitrogen and oxygen atoms in total. The lowest BCUT2D eigenvalue weighted by Crippen LogP contribution is -2.39. The Labute approximate surface area is 113 Å². The van der Waals surface area contributed by atoms with Crippen molar-refractivity contribution in [1.82, 2.24) is 5.32 Å². The zero-order valence-electron chi connectivity index (χ0n) is 10.6. The normalized spacial score (nSPS) is 16.3. The van der Waals surface area contributed by atoms with Crippen LogP contribution in [0.5, 0.6) is 0 Å². The van der Waals surface area contributed by atoms with Crippen molar-refractivity contribution in [3.8, 4) is 0 Å². The van der Waals surface area contributed by atoms with Gasteiger partial charge in [-0.05, 0) is 49.7 Å². The van der Waals surface area contributed by atoms with E-state index in [1.54, 1.807) is 12.1 Å². The standard InChI is InChI=1S/C14H19FN2S/c1-10-7-8-12(15)13(9-10)17-14(18)16-11-5-3-2-4-6-11/h7-9,11H,2-6H2,1H3,(H2,16,17,18). The highest BCUT2D eigenvalue weighted by molar-refractivity contribution is 7.80. The maximum atomic E-state index is 13.6. The molecule has 0 radical (unpaired) electrons. The Morgan fingerprint density at radius 1 is 1.28 bits per heavy atom. The second-order valence-corrected chi connectivity index (χ2v) is 5.32. The van der Waals surface area contributed by atoms with Gasteiger partial charge in [0.15, 0.2) is 5.11 Å². The van der Waals surface area contributed by atoms with Crippen LogP contribution < -0.4 is 10.6 Å². The van der Waals surface area contributed by atoms with Crippen LogP contribution >= 0.6 is 12.2 Å². The smallest absolute Gasteiger partial charge is 0.171 e. The van der Waals surface area contributed by atoms with Crippen LogP contribution in [0.3, 0.4) is 0 Å². The Bertz CT molecular complexity index is 428. The molecule has 2 rings (SSSR count). The van der Waals surface area contributed by atoms with E-state index < -0.39 is 0 Å². The molecule has 1 aliphatic carbocycles. The van der Waals surface area contributed by atoms with Crippen LogP contribution in [0, 0.1) is 12.7 Å². The summed E-state index contributed by atoms with van der Waals surface area (Å²) in [5.41, 5.74) is 1.46. The fourth-order valence-corrected chi connectivity index (χ4v) is 2.60. The fourth-order valence-electron chi connectivity index (χ4n) is 2.33. The molecule has 0 heterocycles. The zero-order valence-corrected chi connectivity index (χ0v) is 11.4. The van der Waals surface area contributed by atoms with E-state index >= 15 is 0 Å². The van der Waals surface area contributed by atoms with Crippen LogP contribution in [0.2, 0.25) is 0 Å². The van der Waals surface area contributed by atoms with Gasteiger partial charge < -0.3 is 10.6 Å². The van der Waals surface area contributed by atoms with E-state index in [2.05, 4.69) is 10.6 Å². The molecule has 0 spiro atoms. The molecule has 0 amide bonds. The van der Waals surface area contributed by atoms with Crippen LogP contribution in [-0.4, -0.2) is 11.2 Å². The highest BCUT2D eigenvalue weighted by atomic mass is 32.1. The van der Waals surface area contributed by atoms with Gasteiger partial charge in [-0.15, -0.1) is 0 Å². The van der Waals surface area contributed by atoms with Crippen molar-refractivity contribution in [2.45, 2.75) is 45.1 Å². The first-order valence-corrected chi connectivity index (χ1v) is 6.89. The minimum atomic E-state index is -0.270. The van der Waals surface area contributed by atoms with E-state index in [-0.39, 0.29) is 5.82 Å². The largest absolute Gasteiger partial charge is 0.360 e. The number of anilines is 1. The summed E-state index contributed by atoms with van der Waals surface area (Å²) in [6.07, 6.45) is 6.11. The summed E-state index contributed by atoms with van der Waals surface area (Å²) in [6.45, 7) is 1.93. The van der Waals surface area contributed by atoms with Gasteiger partial charge in [0.2, 0.25) is 0 Å². The molecule has 0 saturated heterocycles. The fraction of sp³-hybridized carbons (Fsp3) is 0.500. The third-order valence-corrected chi connectivity index (χ3v) is 3.53. The third kappa shape index (κ3) is 3.67. The Morgan fingerprint density at radius 3 is 2.72 bits per heavy atom. The average molecular weight is 266 g/mol. The van der Waals surface area contributed by atoms with Gasteiger partial charge in [0.1, 0.15) is 5.82 Å². The number of halogens is 1. The van der Waals surface area contributed by atoms with Crippen molar-refractivity contribution in [3.05, 3.63) is 29.6 Å². The van der Waals surface area contributed by atoms with Crippen molar-refractivity contribution in [2.75, 3.05) is 5.32 Å². The van der Waals surface area contributed by atoms with Crippen molar-refractivity contribution >= 4 is 23.0 Å². The van der Waals surface area contributed by atoms with E-state index in [9.17, 15) is 4.39 Å². The van der Waals surface area contributed by atoms with Crippen molar-refractivity contribution in [2.24, 2.45) is 0 Å². The number of benzene rings is 1. The van der Waals surface area contributed by atoms with Crippen molar-refractivity contribution in [1.29, 1.82) is 0 Å². The molecule has 0 unspecified atom stereocenters. The van der Waals surface area contributed by atoms with Crippen LogP contribution in [0.25, 0.3) is 0 Å². The minimum Gasteiger partial charge on any atom is -0.360 e. The predicted molar refractivity (Wildman–Crippen MR) is 77.4 cm³/mol. The topological polar surface area (TPSA) is 24.1 Å². The second kappa shape index (κ2) is 6.14. The molecule has 18 heavy (non-hydrogen) atoms. The van der Waals surface area contributed by atoms with E-state index in [1.807, 2.05) is 6.92 Å². The Morgan fingerprint density at radius 2 is 2.00 bits per heavy atom. The maximum absolute atomic E-state index is 13.6. The molecule has 1 aromatic rings. The highest BCUT2D eigenvalue weighted by Crippen LogP contribution is 2.18. The molecule has 0 atom stereocenters. The van der Waals surface area contributed by atoms with Gasteiger partial charge in [-0.2, -0.15) is 0 Å². The first kappa shape index (κ1) is 13.3. The molecule has 1 aliphatic rings. The Hall–Kier alpha value is -1.16. The summed E-state index contributed by atoms with van der Waals surface area (Å²) in [5.74, 6) is -0.270. The van der Waals surface area contributed by atoms with Crippen LogP contribution in [0.4, 0.5) is 10.1 Å². The van der Waals surface area contributed by atoms with Gasteiger partial charge in [-0.3, -0.25) is 0 Å². The number of hydrogen-bond acceptors (Lipinski definition) is 1. The Balaban J connectivity index is 1.92. The molecular weight excluding hydrogens is 247 g/mol.